The standard InChI is InChI=1S/C22H19NO/c1-2-23-20-10-6-5-9-18(20)19-15-16(11-13-21(19)23)12-14-22(24)17-7-3-4-8-17/h3-15,24H,2H2,1H3. The largest absolute Gasteiger partial charge is 0.507 e. The summed E-state index contributed by atoms with van der Waals surface area (Å²) in [7, 11) is 0. The number of aromatic nitrogens is 1. The number of hydrogen-bond acceptors (Lipinski definition) is 1. The first-order valence-corrected chi connectivity index (χ1v) is 8.25. The van der Waals surface area contributed by atoms with Crippen LogP contribution in [-0.2, 0) is 6.54 Å². The highest BCUT2D eigenvalue weighted by atomic mass is 16.3. The van der Waals surface area contributed by atoms with Gasteiger partial charge in [-0.15, -0.1) is 0 Å². The zero-order valence-corrected chi connectivity index (χ0v) is 13.6. The Labute approximate surface area is 141 Å². The van der Waals surface area contributed by atoms with E-state index in [9.17, 15) is 5.11 Å². The average Bonchev–Trinajstić information content (AvgIpc) is 3.25. The number of nitrogens with zero attached hydrogens (tertiary/aromatic N) is 1. The van der Waals surface area contributed by atoms with Crippen molar-refractivity contribution in [3.8, 4) is 0 Å². The summed E-state index contributed by atoms with van der Waals surface area (Å²) >= 11 is 0. The van der Waals surface area contributed by atoms with Gasteiger partial charge in [0.15, 0.2) is 0 Å². The quantitative estimate of drug-likeness (QED) is 0.610. The van der Waals surface area contributed by atoms with Gasteiger partial charge in [-0.25, -0.2) is 0 Å². The van der Waals surface area contributed by atoms with Crippen LogP contribution < -0.4 is 0 Å². The predicted molar refractivity (Wildman–Crippen MR) is 102 cm³/mol. The fourth-order valence-electron chi connectivity index (χ4n) is 3.33. The van der Waals surface area contributed by atoms with E-state index in [-0.39, 0.29) is 5.76 Å². The molecular weight excluding hydrogens is 294 g/mol. The highest BCUT2D eigenvalue weighted by Gasteiger charge is 2.09. The van der Waals surface area contributed by atoms with Crippen LogP contribution >= 0.6 is 0 Å². The maximum Gasteiger partial charge on any atom is 0.122 e. The van der Waals surface area contributed by atoms with Gasteiger partial charge in [-0.1, -0.05) is 54.6 Å². The lowest BCUT2D eigenvalue weighted by Crippen LogP contribution is -1.92. The van der Waals surface area contributed by atoms with Gasteiger partial charge in [-0.05, 0) is 36.8 Å². The summed E-state index contributed by atoms with van der Waals surface area (Å²) in [4.78, 5) is 0. The van der Waals surface area contributed by atoms with Gasteiger partial charge in [0.1, 0.15) is 5.76 Å². The molecule has 0 spiro atoms. The molecule has 0 fully saturated rings. The van der Waals surface area contributed by atoms with E-state index < -0.39 is 0 Å². The Balaban J connectivity index is 1.81. The van der Waals surface area contributed by atoms with Crippen LogP contribution in [0.3, 0.4) is 0 Å². The molecule has 0 amide bonds. The summed E-state index contributed by atoms with van der Waals surface area (Å²) in [6.45, 7) is 3.12. The number of aryl methyl sites for hydroxylation is 1. The van der Waals surface area contributed by atoms with Gasteiger partial charge in [-0.2, -0.15) is 0 Å². The number of fused-ring (bicyclic) bond motifs is 3. The Bertz CT molecular complexity index is 1030. The third-order valence-electron chi connectivity index (χ3n) is 4.50. The molecule has 0 aliphatic heterocycles. The minimum atomic E-state index is 0.288. The number of aliphatic hydroxyl groups is 1. The molecule has 1 aliphatic rings. The SMILES string of the molecule is CCn1c2ccccc2c2cc(C=CC(O)=C3C=CC=C3)ccc21. The normalized spacial score (nSPS) is 13.8. The van der Waals surface area contributed by atoms with Crippen molar-refractivity contribution >= 4 is 27.9 Å². The fraction of sp³-hybridized carbons (Fsp3) is 0.0909. The zero-order chi connectivity index (χ0) is 16.5. The van der Waals surface area contributed by atoms with E-state index >= 15 is 0 Å². The van der Waals surface area contributed by atoms with Crippen molar-refractivity contribution in [2.75, 3.05) is 0 Å². The maximum absolute atomic E-state index is 10.1. The second-order valence-corrected chi connectivity index (χ2v) is 5.93. The average molecular weight is 313 g/mol. The van der Waals surface area contributed by atoms with Gasteiger partial charge in [-0.3, -0.25) is 0 Å². The molecule has 0 unspecified atom stereocenters. The van der Waals surface area contributed by atoms with Crippen LogP contribution in [0.5, 0.6) is 0 Å². The van der Waals surface area contributed by atoms with Gasteiger partial charge in [0.05, 0.1) is 0 Å². The van der Waals surface area contributed by atoms with Crippen LogP contribution in [0.4, 0.5) is 0 Å². The Hall–Kier alpha value is -3.00. The van der Waals surface area contributed by atoms with Crippen LogP contribution in [0.2, 0.25) is 0 Å². The lowest BCUT2D eigenvalue weighted by molar-refractivity contribution is 0.430. The third-order valence-corrected chi connectivity index (χ3v) is 4.50. The van der Waals surface area contributed by atoms with E-state index in [1.807, 2.05) is 30.4 Å². The maximum atomic E-state index is 10.1. The molecule has 0 bridgehead atoms. The van der Waals surface area contributed by atoms with Gasteiger partial charge >= 0.3 is 0 Å². The summed E-state index contributed by atoms with van der Waals surface area (Å²) in [5.41, 5.74) is 4.44. The van der Waals surface area contributed by atoms with Crippen LogP contribution in [0, 0.1) is 0 Å². The molecule has 24 heavy (non-hydrogen) atoms. The zero-order valence-electron chi connectivity index (χ0n) is 13.6. The van der Waals surface area contributed by atoms with Crippen LogP contribution in [0.15, 0.2) is 84.2 Å². The Morgan fingerprint density at radius 1 is 1.00 bits per heavy atom. The number of hydrogen-bond donors (Lipinski definition) is 1. The van der Waals surface area contributed by atoms with E-state index in [0.29, 0.717) is 0 Å². The van der Waals surface area contributed by atoms with Crippen LogP contribution in [0.1, 0.15) is 12.5 Å². The number of para-hydroxylation sites is 1. The predicted octanol–water partition coefficient (Wildman–Crippen LogP) is 5.77. The third kappa shape index (κ3) is 2.37. The summed E-state index contributed by atoms with van der Waals surface area (Å²) in [6.07, 6.45) is 11.4. The molecule has 1 aliphatic carbocycles. The number of rotatable bonds is 3. The highest BCUT2D eigenvalue weighted by Crippen LogP contribution is 2.30. The molecule has 3 aromatic rings. The van der Waals surface area contributed by atoms with Crippen molar-refractivity contribution in [2.45, 2.75) is 13.5 Å². The van der Waals surface area contributed by atoms with Crippen LogP contribution in [-0.4, -0.2) is 9.67 Å². The molecule has 2 heteroatoms. The van der Waals surface area contributed by atoms with Gasteiger partial charge in [0.2, 0.25) is 0 Å². The van der Waals surface area contributed by atoms with E-state index in [0.717, 1.165) is 17.7 Å². The number of benzene rings is 2. The molecule has 1 N–H and O–H groups in total. The molecular formula is C22H19NO. The van der Waals surface area contributed by atoms with E-state index in [2.05, 4.69) is 54.0 Å². The molecule has 1 aromatic heterocycles. The molecule has 0 radical (unpaired) electrons. The summed E-state index contributed by atoms with van der Waals surface area (Å²) in [5.74, 6) is 0.288. The second-order valence-electron chi connectivity index (χ2n) is 5.93. The minimum absolute atomic E-state index is 0.288. The van der Waals surface area contributed by atoms with Crippen molar-refractivity contribution in [2.24, 2.45) is 0 Å². The molecule has 0 atom stereocenters. The lowest BCUT2D eigenvalue weighted by Gasteiger charge is -2.02. The molecule has 118 valence electrons. The van der Waals surface area contributed by atoms with Crippen molar-refractivity contribution in [3.05, 3.63) is 89.7 Å². The van der Waals surface area contributed by atoms with Crippen LogP contribution in [0.25, 0.3) is 27.9 Å². The van der Waals surface area contributed by atoms with Crippen molar-refractivity contribution in [1.29, 1.82) is 0 Å². The van der Waals surface area contributed by atoms with Gasteiger partial charge in [0, 0.05) is 33.9 Å². The van der Waals surface area contributed by atoms with E-state index in [1.165, 1.54) is 21.8 Å². The molecule has 0 saturated heterocycles. The van der Waals surface area contributed by atoms with Gasteiger partial charge < -0.3 is 9.67 Å². The minimum Gasteiger partial charge on any atom is -0.507 e. The van der Waals surface area contributed by atoms with Gasteiger partial charge in [0.25, 0.3) is 0 Å². The lowest BCUT2D eigenvalue weighted by atomic mass is 10.1. The van der Waals surface area contributed by atoms with Crippen molar-refractivity contribution in [1.82, 2.24) is 4.57 Å². The monoisotopic (exact) mass is 313 g/mol. The molecule has 2 nitrogen and oxygen atoms in total. The Morgan fingerprint density at radius 3 is 2.54 bits per heavy atom. The smallest absolute Gasteiger partial charge is 0.122 e. The molecule has 4 rings (SSSR count). The fourth-order valence-corrected chi connectivity index (χ4v) is 3.33. The summed E-state index contributed by atoms with van der Waals surface area (Å²) < 4.78 is 2.34. The van der Waals surface area contributed by atoms with E-state index in [1.54, 1.807) is 6.08 Å². The Kier molecular flexibility index (Phi) is 3.58. The van der Waals surface area contributed by atoms with Crippen molar-refractivity contribution < 1.29 is 5.11 Å². The Morgan fingerprint density at radius 2 is 1.75 bits per heavy atom. The number of aliphatic hydroxyl groups excluding tert-OH is 1. The molecule has 2 aromatic carbocycles. The van der Waals surface area contributed by atoms with Crippen molar-refractivity contribution in [3.63, 3.8) is 0 Å². The van der Waals surface area contributed by atoms with E-state index in [4.69, 9.17) is 0 Å². The first kappa shape index (κ1) is 14.6. The summed E-state index contributed by atoms with van der Waals surface area (Å²) in [5, 5.41) is 12.6. The topological polar surface area (TPSA) is 25.2 Å². The first-order valence-electron chi connectivity index (χ1n) is 8.25. The molecule has 0 saturated carbocycles. The number of allylic oxidation sites excluding steroid dienone is 6. The highest BCUT2D eigenvalue weighted by molar-refractivity contribution is 6.08. The first-order chi connectivity index (χ1) is 11.8. The second kappa shape index (κ2) is 5.89. The molecule has 1 heterocycles. The summed E-state index contributed by atoms with van der Waals surface area (Å²) in [6, 6.07) is 15.0.